The Kier molecular flexibility index (Phi) is 3.67. The number of hydrogen-bond acceptors (Lipinski definition) is 7. The number of halogens is 1. The molecule has 1 unspecified atom stereocenters. The number of carbonyl (C=O) groups excluding carboxylic acids is 1. The fourth-order valence-corrected chi connectivity index (χ4v) is 4.72. The third kappa shape index (κ3) is 3.86. The van der Waals surface area contributed by atoms with E-state index in [1.165, 1.54) is 6.07 Å². The molecule has 2 atom stereocenters. The number of carbonyl (C=O) groups is 1. The lowest BCUT2D eigenvalue weighted by Crippen LogP contribution is -2.49. The molecule has 1 fully saturated rings. The lowest BCUT2D eigenvalue weighted by atomic mass is 10.0. The maximum atomic E-state index is 15.4. The van der Waals surface area contributed by atoms with E-state index in [-0.39, 0.29) is 34.9 Å². The zero-order valence-corrected chi connectivity index (χ0v) is 18.2. The van der Waals surface area contributed by atoms with E-state index in [9.17, 15) is 4.79 Å². The molecule has 2 aliphatic rings. The Morgan fingerprint density at radius 1 is 1.50 bits per heavy atom. The number of thiophene rings is 1. The quantitative estimate of drug-likeness (QED) is 0.554. The van der Waals surface area contributed by atoms with Gasteiger partial charge in [0.25, 0.3) is 5.91 Å². The van der Waals surface area contributed by atoms with Crippen LogP contribution >= 0.6 is 11.3 Å². The molecule has 7 nitrogen and oxygen atoms in total. The van der Waals surface area contributed by atoms with Gasteiger partial charge >= 0.3 is 0 Å². The van der Waals surface area contributed by atoms with Crippen LogP contribution in [0.15, 0.2) is 24.3 Å². The Morgan fingerprint density at radius 3 is 3.19 bits per heavy atom. The number of rotatable bonds is 3. The number of nitrogens with one attached hydrogen (secondary N) is 2. The van der Waals surface area contributed by atoms with Gasteiger partial charge in [0.1, 0.15) is 27.9 Å². The normalized spacial score (nSPS) is 30.9. The minimum absolute atomic E-state index is 0.00827. The van der Waals surface area contributed by atoms with Gasteiger partial charge in [-0.3, -0.25) is 4.79 Å². The Balaban J connectivity index is 1.42. The van der Waals surface area contributed by atoms with Gasteiger partial charge in [-0.1, -0.05) is 0 Å². The fraction of sp³-hybridized carbons (Fsp3) is 0.391. The molecule has 3 aromatic rings. The molecule has 1 amide bonds. The Bertz CT molecular complexity index is 1470. The third-order valence-electron chi connectivity index (χ3n) is 5.26. The monoisotopic (exact) mass is 462 g/mol. The van der Waals surface area contributed by atoms with Crippen molar-refractivity contribution in [2.75, 3.05) is 36.7 Å². The molecule has 9 heteroatoms. The SMILES string of the molecule is [2H]C1([2H])NC([2H])(C)C([2H])([2H])N(c2cc(F)c3c(c2)OC[C@H](NC(=O)c2sc4nc(C)ccc4c2N)C3)C1([2H])[2H]. The largest absolute Gasteiger partial charge is 0.491 e. The van der Waals surface area contributed by atoms with Gasteiger partial charge in [0.15, 0.2) is 0 Å². The molecule has 2 aromatic heterocycles. The number of fused-ring (bicyclic) bond motifs is 2. The van der Waals surface area contributed by atoms with Gasteiger partial charge in [-0.05, 0) is 32.0 Å². The number of nitrogens with two attached hydrogens (primary N) is 1. The van der Waals surface area contributed by atoms with E-state index in [0.717, 1.165) is 30.0 Å². The molecule has 0 radical (unpaired) electrons. The van der Waals surface area contributed by atoms with Crippen molar-refractivity contribution in [1.82, 2.24) is 15.6 Å². The average molecular weight is 463 g/mol. The molecule has 4 heterocycles. The van der Waals surface area contributed by atoms with Gasteiger partial charge in [-0.25, -0.2) is 9.37 Å². The van der Waals surface area contributed by atoms with E-state index >= 15 is 4.39 Å². The van der Waals surface area contributed by atoms with Gasteiger partial charge in [0.2, 0.25) is 0 Å². The van der Waals surface area contributed by atoms with Crippen molar-refractivity contribution in [1.29, 1.82) is 0 Å². The molecule has 0 bridgehead atoms. The third-order valence-corrected chi connectivity index (χ3v) is 6.37. The van der Waals surface area contributed by atoms with Crippen molar-refractivity contribution in [3.05, 3.63) is 46.2 Å². The molecule has 4 N–H and O–H groups in total. The highest BCUT2D eigenvalue weighted by Crippen LogP contribution is 2.35. The first kappa shape index (κ1) is 14.3. The predicted octanol–water partition coefficient (Wildman–Crippen LogP) is 2.86. The van der Waals surface area contributed by atoms with Crippen LogP contribution in [0.5, 0.6) is 5.75 Å². The van der Waals surface area contributed by atoms with Crippen LogP contribution in [-0.4, -0.2) is 49.0 Å². The van der Waals surface area contributed by atoms with Crippen molar-refractivity contribution >= 4 is 38.8 Å². The number of anilines is 2. The fourth-order valence-electron chi connectivity index (χ4n) is 3.68. The summed E-state index contributed by atoms with van der Waals surface area (Å²) in [6.45, 7) is -5.78. The first-order valence-corrected chi connectivity index (χ1v) is 10.8. The molecule has 2 aliphatic heterocycles. The summed E-state index contributed by atoms with van der Waals surface area (Å²) >= 11 is 1.15. The van der Waals surface area contributed by atoms with Crippen LogP contribution in [0.2, 0.25) is 0 Å². The number of ether oxygens (including phenoxy) is 1. The molecule has 0 spiro atoms. The molecule has 1 saturated heterocycles. The number of aryl methyl sites for hydroxylation is 1. The lowest BCUT2D eigenvalue weighted by molar-refractivity contribution is 0.0919. The van der Waals surface area contributed by atoms with Crippen molar-refractivity contribution in [3.8, 4) is 5.75 Å². The molecule has 0 aliphatic carbocycles. The number of piperazine rings is 1. The van der Waals surface area contributed by atoms with Gasteiger partial charge in [-0.15, -0.1) is 11.3 Å². The first-order valence-electron chi connectivity index (χ1n) is 13.5. The number of pyridine rings is 1. The number of aromatic nitrogens is 1. The summed E-state index contributed by atoms with van der Waals surface area (Å²) in [7, 11) is 0. The van der Waals surface area contributed by atoms with E-state index < -0.39 is 43.3 Å². The Hall–Kier alpha value is -2.91. The smallest absolute Gasteiger partial charge is 0.263 e. The van der Waals surface area contributed by atoms with Crippen LogP contribution in [-0.2, 0) is 6.42 Å². The molecule has 168 valence electrons. The Morgan fingerprint density at radius 2 is 2.34 bits per heavy atom. The van der Waals surface area contributed by atoms with Gasteiger partial charge in [-0.2, -0.15) is 0 Å². The van der Waals surface area contributed by atoms with Crippen LogP contribution in [0.25, 0.3) is 10.2 Å². The number of benzene rings is 1. The highest BCUT2D eigenvalue weighted by molar-refractivity contribution is 7.21. The molecular formula is C23H26FN5O2S. The summed E-state index contributed by atoms with van der Waals surface area (Å²) in [4.78, 5) is 18.7. The summed E-state index contributed by atoms with van der Waals surface area (Å²) in [6, 6.07) is 2.80. The first-order chi connectivity index (χ1) is 18.0. The van der Waals surface area contributed by atoms with E-state index in [1.54, 1.807) is 12.1 Å². The van der Waals surface area contributed by atoms with Crippen molar-refractivity contribution in [2.45, 2.75) is 32.3 Å². The van der Waals surface area contributed by atoms with Crippen LogP contribution in [0.1, 0.15) is 37.4 Å². The number of hydrogen-bond donors (Lipinski definition) is 3. The summed E-state index contributed by atoms with van der Waals surface area (Å²) in [5, 5.41) is 5.54. The van der Waals surface area contributed by atoms with Crippen LogP contribution in [0, 0.1) is 12.7 Å². The van der Waals surface area contributed by atoms with Gasteiger partial charge in [0, 0.05) is 64.4 Å². The van der Waals surface area contributed by atoms with Crippen LogP contribution in [0.3, 0.4) is 0 Å². The minimum atomic E-state index is -3.00. The second-order valence-corrected chi connectivity index (χ2v) is 8.67. The van der Waals surface area contributed by atoms with Crippen molar-refractivity contribution in [2.24, 2.45) is 0 Å². The molecule has 0 saturated carbocycles. The predicted molar refractivity (Wildman–Crippen MR) is 125 cm³/mol. The lowest BCUT2D eigenvalue weighted by Gasteiger charge is -2.35. The summed E-state index contributed by atoms with van der Waals surface area (Å²) < 4.78 is 79.1. The van der Waals surface area contributed by atoms with Crippen LogP contribution in [0.4, 0.5) is 15.8 Å². The van der Waals surface area contributed by atoms with E-state index in [0.29, 0.717) is 20.8 Å². The summed E-state index contributed by atoms with van der Waals surface area (Å²) in [5.74, 6) is -1.30. The second-order valence-electron chi connectivity index (χ2n) is 7.67. The molecule has 32 heavy (non-hydrogen) atoms. The zero-order chi connectivity index (χ0) is 28.7. The van der Waals surface area contributed by atoms with Crippen LogP contribution < -0.4 is 26.0 Å². The van der Waals surface area contributed by atoms with Crippen molar-refractivity contribution in [3.63, 3.8) is 0 Å². The molecular weight excluding hydrogens is 429 g/mol. The molecule has 1 aromatic carbocycles. The zero-order valence-electron chi connectivity index (χ0n) is 24.4. The summed E-state index contributed by atoms with van der Waals surface area (Å²) in [5.41, 5.74) is 7.02. The number of nitrogen functional groups attached to an aromatic ring is 1. The van der Waals surface area contributed by atoms with E-state index in [1.807, 2.05) is 6.92 Å². The topological polar surface area (TPSA) is 92.5 Å². The Labute approximate surface area is 199 Å². The highest BCUT2D eigenvalue weighted by Gasteiger charge is 2.28. The minimum Gasteiger partial charge on any atom is -0.491 e. The molecule has 5 rings (SSSR count). The standard InChI is InChI=1S/C23H26FN5O2S/c1-12-3-4-16-20(25)21(32-23(16)27-12)22(30)28-14-7-17-18(24)8-15(9-19(17)31-11-14)29-6-5-26-13(2)10-29/h3-4,8-9,13-14,26H,5-7,10-11,25H2,1-2H3,(H,28,30)/t13?,14-/m1/s1/i5D2,6D2,10D2,13D. The maximum Gasteiger partial charge on any atom is 0.263 e. The highest BCUT2D eigenvalue weighted by atomic mass is 32.1. The second kappa shape index (κ2) is 8.22. The van der Waals surface area contributed by atoms with E-state index in [4.69, 9.17) is 20.1 Å². The van der Waals surface area contributed by atoms with Crippen molar-refractivity contribution < 1.29 is 23.5 Å². The summed E-state index contributed by atoms with van der Waals surface area (Å²) in [6.07, 6.45) is 0.0354. The number of nitrogens with zero attached hydrogens (tertiary/aromatic N) is 2. The van der Waals surface area contributed by atoms with Gasteiger partial charge in [0.05, 0.1) is 17.2 Å². The number of amides is 1. The van der Waals surface area contributed by atoms with E-state index in [2.05, 4.69) is 15.6 Å². The van der Waals surface area contributed by atoms with Gasteiger partial charge < -0.3 is 26.0 Å². The maximum absolute atomic E-state index is 15.4. The average Bonchev–Trinajstić information content (AvgIpc) is 3.13.